The third-order valence-corrected chi connectivity index (χ3v) is 2.91. The maximum Gasteiger partial charge on any atom is 0.255 e. The van der Waals surface area contributed by atoms with E-state index in [1.807, 2.05) is 48.5 Å². The first kappa shape index (κ1) is 13.9. The van der Waals surface area contributed by atoms with Crippen LogP contribution >= 0.6 is 0 Å². The lowest BCUT2D eigenvalue weighted by molar-refractivity contribution is 0.0828. The Labute approximate surface area is 119 Å². The summed E-state index contributed by atoms with van der Waals surface area (Å²) in [6.07, 6.45) is 0. The van der Waals surface area contributed by atoms with Crippen LogP contribution in [0.1, 0.15) is 10.4 Å². The molecule has 0 unspecified atom stereocenters. The van der Waals surface area contributed by atoms with E-state index in [9.17, 15) is 4.79 Å². The molecule has 0 atom stereocenters. The fourth-order valence-electron chi connectivity index (χ4n) is 1.88. The number of hydrogen-bond donors (Lipinski definition) is 1. The van der Waals surface area contributed by atoms with Crippen LogP contribution in [0.5, 0.6) is 5.75 Å². The lowest BCUT2D eigenvalue weighted by Crippen LogP contribution is -2.22. The first-order chi connectivity index (χ1) is 9.61. The highest BCUT2D eigenvalue weighted by Crippen LogP contribution is 2.24. The number of amides is 1. The van der Waals surface area contributed by atoms with Gasteiger partial charge in [-0.2, -0.15) is 0 Å². The summed E-state index contributed by atoms with van der Waals surface area (Å²) < 4.78 is 5.19. The van der Waals surface area contributed by atoms with Crippen molar-refractivity contribution < 1.29 is 9.53 Å². The molecule has 0 saturated heterocycles. The topological polar surface area (TPSA) is 41.6 Å². The third-order valence-electron chi connectivity index (χ3n) is 2.91. The highest BCUT2D eigenvalue weighted by molar-refractivity contribution is 6.00. The van der Waals surface area contributed by atoms with Crippen LogP contribution in [0.3, 0.4) is 0 Å². The number of hydrogen-bond acceptors (Lipinski definition) is 3. The lowest BCUT2D eigenvalue weighted by atomic mass is 10.1. The largest absolute Gasteiger partial charge is 0.497 e. The first-order valence-corrected chi connectivity index (χ1v) is 6.33. The zero-order valence-electron chi connectivity index (χ0n) is 11.9. The number of benzene rings is 2. The van der Waals surface area contributed by atoms with Crippen molar-refractivity contribution in [3.8, 4) is 5.75 Å². The number of para-hydroxylation sites is 1. The van der Waals surface area contributed by atoms with Gasteiger partial charge in [0.2, 0.25) is 0 Å². The van der Waals surface area contributed by atoms with Crippen LogP contribution in [0.15, 0.2) is 48.5 Å². The van der Waals surface area contributed by atoms with Crippen molar-refractivity contribution in [1.82, 2.24) is 4.90 Å². The monoisotopic (exact) mass is 270 g/mol. The molecule has 20 heavy (non-hydrogen) atoms. The van der Waals surface area contributed by atoms with Gasteiger partial charge in [-0.05, 0) is 24.3 Å². The average Bonchev–Trinajstić information content (AvgIpc) is 2.47. The van der Waals surface area contributed by atoms with Crippen LogP contribution in [0.25, 0.3) is 0 Å². The molecule has 2 aromatic carbocycles. The number of carbonyl (C=O) groups excluding carboxylic acids is 1. The van der Waals surface area contributed by atoms with E-state index in [1.54, 1.807) is 26.1 Å². The van der Waals surface area contributed by atoms with Gasteiger partial charge in [-0.15, -0.1) is 0 Å². The van der Waals surface area contributed by atoms with Crippen LogP contribution in [0.2, 0.25) is 0 Å². The zero-order valence-corrected chi connectivity index (χ0v) is 11.9. The molecule has 0 radical (unpaired) electrons. The SMILES string of the molecule is COc1cccc(Nc2ccccc2C(=O)N(C)C)c1. The smallest absolute Gasteiger partial charge is 0.255 e. The Hall–Kier alpha value is -2.49. The number of methoxy groups -OCH3 is 1. The number of anilines is 2. The van der Waals surface area contributed by atoms with Gasteiger partial charge in [-0.1, -0.05) is 18.2 Å². The molecule has 0 bridgehead atoms. The molecule has 0 aliphatic carbocycles. The maximum atomic E-state index is 12.1. The van der Waals surface area contributed by atoms with E-state index in [2.05, 4.69) is 5.32 Å². The van der Waals surface area contributed by atoms with Crippen LogP contribution in [-0.4, -0.2) is 32.0 Å². The van der Waals surface area contributed by atoms with Gasteiger partial charge in [0, 0.05) is 25.8 Å². The molecule has 0 spiro atoms. The normalized spacial score (nSPS) is 9.95. The van der Waals surface area contributed by atoms with E-state index in [1.165, 1.54) is 0 Å². The molecule has 0 saturated carbocycles. The van der Waals surface area contributed by atoms with E-state index >= 15 is 0 Å². The summed E-state index contributed by atoms with van der Waals surface area (Å²) >= 11 is 0. The molecule has 1 N–H and O–H groups in total. The Bertz CT molecular complexity index is 609. The maximum absolute atomic E-state index is 12.1. The minimum atomic E-state index is -0.0315. The number of nitrogens with one attached hydrogen (secondary N) is 1. The number of nitrogens with zero attached hydrogens (tertiary/aromatic N) is 1. The Kier molecular flexibility index (Phi) is 4.25. The van der Waals surface area contributed by atoms with Gasteiger partial charge in [0.05, 0.1) is 18.4 Å². The summed E-state index contributed by atoms with van der Waals surface area (Å²) in [6, 6.07) is 15.0. The fraction of sp³-hybridized carbons (Fsp3) is 0.188. The van der Waals surface area contributed by atoms with Gasteiger partial charge in [0.1, 0.15) is 5.75 Å². The van der Waals surface area contributed by atoms with Crippen molar-refractivity contribution in [2.45, 2.75) is 0 Å². The molecular formula is C16H18N2O2. The number of carbonyl (C=O) groups is 1. The Morgan fingerprint density at radius 2 is 1.85 bits per heavy atom. The number of rotatable bonds is 4. The molecule has 2 rings (SSSR count). The Morgan fingerprint density at radius 1 is 1.10 bits per heavy atom. The highest BCUT2D eigenvalue weighted by Gasteiger charge is 2.12. The van der Waals surface area contributed by atoms with Crippen LogP contribution in [0.4, 0.5) is 11.4 Å². The summed E-state index contributed by atoms with van der Waals surface area (Å²) in [5.74, 6) is 0.738. The van der Waals surface area contributed by atoms with Crippen molar-refractivity contribution >= 4 is 17.3 Å². The van der Waals surface area contributed by atoms with E-state index < -0.39 is 0 Å². The zero-order chi connectivity index (χ0) is 14.5. The van der Waals surface area contributed by atoms with Crippen molar-refractivity contribution in [2.75, 3.05) is 26.5 Å². The predicted molar refractivity (Wildman–Crippen MR) is 80.7 cm³/mol. The summed E-state index contributed by atoms with van der Waals surface area (Å²) in [5.41, 5.74) is 2.29. The van der Waals surface area contributed by atoms with Crippen molar-refractivity contribution in [2.24, 2.45) is 0 Å². The van der Waals surface area contributed by atoms with E-state index in [0.29, 0.717) is 5.56 Å². The van der Waals surface area contributed by atoms with Gasteiger partial charge in [0.15, 0.2) is 0 Å². The Balaban J connectivity index is 2.31. The summed E-state index contributed by atoms with van der Waals surface area (Å²) in [4.78, 5) is 13.7. The fourth-order valence-corrected chi connectivity index (χ4v) is 1.88. The molecule has 0 aromatic heterocycles. The molecule has 4 nitrogen and oxygen atoms in total. The lowest BCUT2D eigenvalue weighted by Gasteiger charge is -2.15. The molecular weight excluding hydrogens is 252 g/mol. The molecule has 0 aliphatic rings. The van der Waals surface area contributed by atoms with Crippen LogP contribution in [-0.2, 0) is 0 Å². The Morgan fingerprint density at radius 3 is 2.55 bits per heavy atom. The minimum Gasteiger partial charge on any atom is -0.497 e. The van der Waals surface area contributed by atoms with Crippen molar-refractivity contribution in [3.05, 3.63) is 54.1 Å². The third kappa shape index (κ3) is 3.09. The van der Waals surface area contributed by atoms with Crippen molar-refractivity contribution in [1.29, 1.82) is 0 Å². The van der Waals surface area contributed by atoms with E-state index in [4.69, 9.17) is 4.74 Å². The second-order valence-electron chi connectivity index (χ2n) is 4.60. The van der Waals surface area contributed by atoms with Crippen LogP contribution < -0.4 is 10.1 Å². The average molecular weight is 270 g/mol. The van der Waals surface area contributed by atoms with Crippen molar-refractivity contribution in [3.63, 3.8) is 0 Å². The van der Waals surface area contributed by atoms with Gasteiger partial charge in [-0.25, -0.2) is 0 Å². The molecule has 0 heterocycles. The summed E-state index contributed by atoms with van der Waals surface area (Å²) in [6.45, 7) is 0. The van der Waals surface area contributed by atoms with E-state index in [-0.39, 0.29) is 5.91 Å². The standard InChI is InChI=1S/C16H18N2O2/c1-18(2)16(19)14-9-4-5-10-15(14)17-12-7-6-8-13(11-12)20-3/h4-11,17H,1-3H3. The molecule has 1 amide bonds. The molecule has 104 valence electrons. The summed E-state index contributed by atoms with van der Waals surface area (Å²) in [5, 5.41) is 3.26. The van der Waals surface area contributed by atoms with Gasteiger partial charge in [0.25, 0.3) is 5.91 Å². The van der Waals surface area contributed by atoms with E-state index in [0.717, 1.165) is 17.1 Å². The minimum absolute atomic E-state index is 0.0315. The second kappa shape index (κ2) is 6.10. The van der Waals surface area contributed by atoms with Gasteiger partial charge < -0.3 is 15.0 Å². The van der Waals surface area contributed by atoms with Crippen LogP contribution in [0, 0.1) is 0 Å². The number of ether oxygens (including phenoxy) is 1. The first-order valence-electron chi connectivity index (χ1n) is 6.33. The predicted octanol–water partition coefficient (Wildman–Crippen LogP) is 3.14. The van der Waals surface area contributed by atoms with Gasteiger partial charge >= 0.3 is 0 Å². The second-order valence-corrected chi connectivity index (χ2v) is 4.60. The molecule has 2 aromatic rings. The quantitative estimate of drug-likeness (QED) is 0.928. The highest BCUT2D eigenvalue weighted by atomic mass is 16.5. The summed E-state index contributed by atoms with van der Waals surface area (Å²) in [7, 11) is 5.11. The van der Waals surface area contributed by atoms with Gasteiger partial charge in [-0.3, -0.25) is 4.79 Å². The molecule has 4 heteroatoms. The molecule has 0 fully saturated rings. The molecule has 0 aliphatic heterocycles.